The van der Waals surface area contributed by atoms with E-state index in [0.717, 1.165) is 21.8 Å². The van der Waals surface area contributed by atoms with Crippen LogP contribution in [-0.4, -0.2) is 23.4 Å². The van der Waals surface area contributed by atoms with Gasteiger partial charge < -0.3 is 5.11 Å². The Morgan fingerprint density at radius 2 is 2.00 bits per heavy atom. The average molecular weight is 421 g/mol. The van der Waals surface area contributed by atoms with Crippen LogP contribution < -0.4 is 4.72 Å². The van der Waals surface area contributed by atoms with Crippen molar-refractivity contribution in [1.29, 1.82) is 0 Å². The molecule has 1 aromatic carbocycles. The first kappa shape index (κ1) is 15.4. The van der Waals surface area contributed by atoms with E-state index in [-0.39, 0.29) is 10.7 Å². The van der Waals surface area contributed by atoms with E-state index in [1.54, 1.807) is 6.07 Å². The molecule has 0 bridgehead atoms. The third kappa shape index (κ3) is 3.58. The van der Waals surface area contributed by atoms with Crippen LogP contribution >= 0.6 is 22.6 Å². The maximum atomic E-state index is 12.1. The molecule has 1 heterocycles. The molecule has 0 saturated heterocycles. The van der Waals surface area contributed by atoms with Crippen LogP contribution in [-0.2, 0) is 10.0 Å². The first-order valence-corrected chi connectivity index (χ1v) is 7.97. The van der Waals surface area contributed by atoms with Gasteiger partial charge in [0, 0.05) is 15.8 Å². The zero-order valence-corrected chi connectivity index (χ0v) is 13.2. The van der Waals surface area contributed by atoms with Crippen LogP contribution in [0.4, 0.5) is 11.5 Å². The fraction of sp³-hybridized carbons (Fsp3) is 0. The van der Waals surface area contributed by atoms with Crippen molar-refractivity contribution in [1.82, 2.24) is 4.98 Å². The predicted octanol–water partition coefficient (Wildman–Crippen LogP) is 2.10. The van der Waals surface area contributed by atoms with Gasteiger partial charge in [-0.25, -0.2) is 13.4 Å². The van der Waals surface area contributed by atoms with E-state index >= 15 is 0 Å². The number of pyridine rings is 1. The van der Waals surface area contributed by atoms with Crippen molar-refractivity contribution in [3.63, 3.8) is 0 Å². The van der Waals surface area contributed by atoms with Gasteiger partial charge in [-0.1, -0.05) is 0 Å². The molecule has 110 valence electrons. The minimum atomic E-state index is -4.03. The number of aromatic hydroxyl groups is 1. The van der Waals surface area contributed by atoms with Gasteiger partial charge >= 0.3 is 5.69 Å². The van der Waals surface area contributed by atoms with Crippen molar-refractivity contribution in [2.24, 2.45) is 0 Å². The molecule has 0 atom stereocenters. The number of nitro benzene ring substituents is 1. The Morgan fingerprint density at radius 3 is 2.57 bits per heavy atom. The largest absolute Gasteiger partial charge is 0.502 e. The molecule has 2 N–H and O–H groups in total. The van der Waals surface area contributed by atoms with Gasteiger partial charge in [0.1, 0.15) is 5.82 Å². The fourth-order valence-corrected chi connectivity index (χ4v) is 2.80. The number of phenolic OH excluding ortho intramolecular Hbond substituents is 1. The molecule has 0 aliphatic rings. The number of anilines is 1. The number of hydrogen-bond acceptors (Lipinski definition) is 6. The number of aromatic nitrogens is 1. The van der Waals surface area contributed by atoms with Gasteiger partial charge in [-0.05, 0) is 46.9 Å². The molecular formula is C11H8IN3O5S. The summed E-state index contributed by atoms with van der Waals surface area (Å²) >= 11 is 2.02. The summed E-state index contributed by atoms with van der Waals surface area (Å²) in [6, 6.07) is 5.93. The van der Waals surface area contributed by atoms with Crippen LogP contribution in [0, 0.1) is 13.7 Å². The third-order valence-electron chi connectivity index (χ3n) is 2.42. The van der Waals surface area contributed by atoms with Gasteiger partial charge in [-0.15, -0.1) is 0 Å². The summed E-state index contributed by atoms with van der Waals surface area (Å²) in [5, 5.41) is 20.0. The maximum absolute atomic E-state index is 12.1. The lowest BCUT2D eigenvalue weighted by molar-refractivity contribution is -0.386. The zero-order chi connectivity index (χ0) is 15.6. The third-order valence-corrected chi connectivity index (χ3v) is 4.41. The number of benzene rings is 1. The van der Waals surface area contributed by atoms with Gasteiger partial charge in [0.2, 0.25) is 0 Å². The summed E-state index contributed by atoms with van der Waals surface area (Å²) in [7, 11) is -4.03. The highest BCUT2D eigenvalue weighted by atomic mass is 127. The second-order valence-electron chi connectivity index (χ2n) is 3.87. The number of halogens is 1. The van der Waals surface area contributed by atoms with Crippen molar-refractivity contribution < 1.29 is 18.4 Å². The number of phenols is 1. The number of hydrogen-bond donors (Lipinski definition) is 2. The second kappa shape index (κ2) is 5.81. The molecule has 0 unspecified atom stereocenters. The molecule has 0 aliphatic carbocycles. The lowest BCUT2D eigenvalue weighted by Gasteiger charge is -2.07. The Hall–Kier alpha value is -1.95. The van der Waals surface area contributed by atoms with Crippen LogP contribution in [0.1, 0.15) is 0 Å². The standard InChI is InChI=1S/C11H8IN3O5S/c12-7-1-4-11(13-6-7)14-21(19,20)8-2-3-10(16)9(5-8)15(17)18/h1-6,16H,(H,13,14). The van der Waals surface area contributed by atoms with Gasteiger partial charge in [-0.2, -0.15) is 0 Å². The van der Waals surface area contributed by atoms with E-state index in [0.29, 0.717) is 0 Å². The van der Waals surface area contributed by atoms with Crippen LogP contribution in [0.5, 0.6) is 5.75 Å². The van der Waals surface area contributed by atoms with Gasteiger partial charge in [0.25, 0.3) is 10.0 Å². The lowest BCUT2D eigenvalue weighted by atomic mass is 10.3. The summed E-state index contributed by atoms with van der Waals surface area (Å²) in [5.74, 6) is -0.516. The van der Waals surface area contributed by atoms with Gasteiger partial charge in [0.05, 0.1) is 9.82 Å². The quantitative estimate of drug-likeness (QED) is 0.443. The summed E-state index contributed by atoms with van der Waals surface area (Å²) in [6.45, 7) is 0. The number of nitrogens with one attached hydrogen (secondary N) is 1. The van der Waals surface area contributed by atoms with Crippen molar-refractivity contribution in [2.45, 2.75) is 4.90 Å². The molecule has 2 rings (SSSR count). The Labute approximate surface area is 133 Å². The zero-order valence-electron chi connectivity index (χ0n) is 10.2. The minimum Gasteiger partial charge on any atom is -0.502 e. The summed E-state index contributed by atoms with van der Waals surface area (Å²) in [6.07, 6.45) is 1.47. The highest BCUT2D eigenvalue weighted by molar-refractivity contribution is 14.1. The molecule has 0 amide bonds. The van der Waals surface area contributed by atoms with E-state index in [1.165, 1.54) is 12.3 Å². The van der Waals surface area contributed by atoms with Crippen molar-refractivity contribution in [2.75, 3.05) is 4.72 Å². The normalized spacial score (nSPS) is 11.1. The first-order chi connectivity index (χ1) is 9.79. The topological polar surface area (TPSA) is 122 Å². The smallest absolute Gasteiger partial charge is 0.312 e. The van der Waals surface area contributed by atoms with Crippen LogP contribution in [0.15, 0.2) is 41.4 Å². The van der Waals surface area contributed by atoms with Crippen molar-refractivity contribution in [3.8, 4) is 5.75 Å². The molecular weight excluding hydrogens is 413 g/mol. The molecule has 1 aromatic heterocycles. The Bertz CT molecular complexity index is 792. The molecule has 2 aromatic rings. The fourth-order valence-electron chi connectivity index (χ4n) is 1.45. The highest BCUT2D eigenvalue weighted by Gasteiger charge is 2.21. The second-order valence-corrected chi connectivity index (χ2v) is 6.80. The molecule has 0 aliphatic heterocycles. The van der Waals surface area contributed by atoms with Crippen molar-refractivity contribution >= 4 is 44.1 Å². The lowest BCUT2D eigenvalue weighted by Crippen LogP contribution is -2.14. The summed E-state index contributed by atoms with van der Waals surface area (Å²) in [4.78, 5) is 13.4. The average Bonchev–Trinajstić information content (AvgIpc) is 2.41. The maximum Gasteiger partial charge on any atom is 0.312 e. The van der Waals surface area contributed by atoms with Gasteiger partial charge in [0.15, 0.2) is 5.75 Å². The van der Waals surface area contributed by atoms with E-state index in [4.69, 9.17) is 0 Å². The summed E-state index contributed by atoms with van der Waals surface area (Å²) in [5.41, 5.74) is -0.687. The summed E-state index contributed by atoms with van der Waals surface area (Å²) < 4.78 is 27.3. The Kier molecular flexibility index (Phi) is 4.27. The molecule has 21 heavy (non-hydrogen) atoms. The first-order valence-electron chi connectivity index (χ1n) is 5.41. The number of sulfonamides is 1. The predicted molar refractivity (Wildman–Crippen MR) is 82.5 cm³/mol. The van der Waals surface area contributed by atoms with Gasteiger partial charge in [-0.3, -0.25) is 14.8 Å². The van der Waals surface area contributed by atoms with Crippen LogP contribution in [0.25, 0.3) is 0 Å². The number of nitro groups is 1. The molecule has 0 radical (unpaired) electrons. The number of nitrogens with zero attached hydrogens (tertiary/aromatic N) is 2. The van der Waals surface area contributed by atoms with E-state index < -0.39 is 26.4 Å². The molecule has 10 heteroatoms. The monoisotopic (exact) mass is 421 g/mol. The van der Waals surface area contributed by atoms with E-state index in [1.807, 2.05) is 22.6 Å². The molecule has 0 spiro atoms. The molecule has 0 fully saturated rings. The Morgan fingerprint density at radius 1 is 1.29 bits per heavy atom. The molecule has 8 nitrogen and oxygen atoms in total. The Balaban J connectivity index is 2.38. The minimum absolute atomic E-state index is 0.0890. The van der Waals surface area contributed by atoms with E-state index in [9.17, 15) is 23.6 Å². The van der Waals surface area contributed by atoms with Crippen LogP contribution in [0.3, 0.4) is 0 Å². The molecule has 0 saturated carbocycles. The van der Waals surface area contributed by atoms with E-state index in [2.05, 4.69) is 9.71 Å². The number of rotatable bonds is 4. The van der Waals surface area contributed by atoms with Crippen LogP contribution in [0.2, 0.25) is 0 Å². The highest BCUT2D eigenvalue weighted by Crippen LogP contribution is 2.28. The van der Waals surface area contributed by atoms with Crippen molar-refractivity contribution in [3.05, 3.63) is 50.2 Å². The SMILES string of the molecule is O=[N+]([O-])c1cc(S(=O)(=O)Nc2ccc(I)cn2)ccc1O.